The van der Waals surface area contributed by atoms with E-state index in [0.29, 0.717) is 18.2 Å². The fourth-order valence-electron chi connectivity index (χ4n) is 3.63. The van der Waals surface area contributed by atoms with Crippen molar-refractivity contribution in [3.63, 3.8) is 0 Å². The van der Waals surface area contributed by atoms with Crippen LogP contribution < -0.4 is 0 Å². The first-order chi connectivity index (χ1) is 11.3. The first-order valence-corrected chi connectivity index (χ1v) is 8.76. The van der Waals surface area contributed by atoms with Gasteiger partial charge in [-0.2, -0.15) is 0 Å². The van der Waals surface area contributed by atoms with E-state index in [1.807, 2.05) is 0 Å². The third-order valence-corrected chi connectivity index (χ3v) is 5.19. The Morgan fingerprint density at radius 3 is 1.96 bits per heavy atom. The largest absolute Gasteiger partial charge is 0.216 e. The lowest BCUT2D eigenvalue weighted by atomic mass is 9.78. The van der Waals surface area contributed by atoms with Gasteiger partial charge < -0.3 is 0 Å². The average Bonchev–Trinajstić information content (AvgIpc) is 2.63. The fourth-order valence-corrected chi connectivity index (χ4v) is 3.63. The minimum atomic E-state index is 0.438. The summed E-state index contributed by atoms with van der Waals surface area (Å²) in [7, 11) is 0. The number of hydrogen-bond acceptors (Lipinski definition) is 0. The Hall–Kier alpha value is -1.89. The molecule has 0 heterocycles. The molecule has 0 saturated heterocycles. The standard InChI is InChI=1S/C22H25F/c1-2-17-3-7-19(8-4-17)21-11-13-22(14-12-21)20-9-5-18(6-10-20)15-16-23/h3-4,7-8,11-16,18,20H,2,5-6,9-10H2,1H3/b16-15+. The molecule has 0 aliphatic heterocycles. The van der Waals surface area contributed by atoms with Crippen LogP contribution in [0.25, 0.3) is 11.1 Å². The van der Waals surface area contributed by atoms with E-state index >= 15 is 0 Å². The van der Waals surface area contributed by atoms with Gasteiger partial charge >= 0.3 is 0 Å². The maximum Gasteiger partial charge on any atom is 0.0829 e. The Morgan fingerprint density at radius 1 is 0.870 bits per heavy atom. The topological polar surface area (TPSA) is 0 Å². The van der Waals surface area contributed by atoms with Gasteiger partial charge in [0.2, 0.25) is 0 Å². The fraction of sp³-hybridized carbons (Fsp3) is 0.364. The summed E-state index contributed by atoms with van der Waals surface area (Å²) < 4.78 is 12.3. The van der Waals surface area contributed by atoms with Crippen LogP contribution in [-0.4, -0.2) is 0 Å². The van der Waals surface area contributed by atoms with Gasteiger partial charge in [0.25, 0.3) is 0 Å². The SMILES string of the molecule is CCc1ccc(-c2ccc(C3CCC(/C=C/F)CC3)cc2)cc1. The Morgan fingerprint density at radius 2 is 1.43 bits per heavy atom. The van der Waals surface area contributed by atoms with E-state index in [4.69, 9.17) is 0 Å². The van der Waals surface area contributed by atoms with Crippen molar-refractivity contribution >= 4 is 0 Å². The van der Waals surface area contributed by atoms with Gasteiger partial charge in [-0.15, -0.1) is 0 Å². The van der Waals surface area contributed by atoms with E-state index in [2.05, 4.69) is 55.5 Å². The average molecular weight is 308 g/mol. The number of halogens is 1. The highest BCUT2D eigenvalue weighted by Gasteiger charge is 2.20. The summed E-state index contributed by atoms with van der Waals surface area (Å²) in [6.45, 7) is 2.18. The highest BCUT2D eigenvalue weighted by molar-refractivity contribution is 5.64. The van der Waals surface area contributed by atoms with Crippen molar-refractivity contribution < 1.29 is 4.39 Å². The van der Waals surface area contributed by atoms with E-state index in [1.165, 1.54) is 35.1 Å². The van der Waals surface area contributed by atoms with Crippen LogP contribution in [0.5, 0.6) is 0 Å². The molecule has 2 aromatic carbocycles. The first kappa shape index (κ1) is 16.0. The number of rotatable bonds is 4. The quantitative estimate of drug-likeness (QED) is 0.591. The van der Waals surface area contributed by atoms with Crippen molar-refractivity contribution in [3.8, 4) is 11.1 Å². The van der Waals surface area contributed by atoms with Gasteiger partial charge in [-0.25, -0.2) is 4.39 Å². The molecule has 0 aromatic heterocycles. The van der Waals surface area contributed by atoms with Crippen molar-refractivity contribution in [2.75, 3.05) is 0 Å². The molecule has 3 rings (SSSR count). The molecule has 0 nitrogen and oxygen atoms in total. The molecule has 1 heteroatoms. The molecule has 0 atom stereocenters. The molecule has 0 bridgehead atoms. The Kier molecular flexibility index (Phi) is 5.27. The van der Waals surface area contributed by atoms with Crippen LogP contribution in [0.2, 0.25) is 0 Å². The lowest BCUT2D eigenvalue weighted by Crippen LogP contribution is -2.11. The molecule has 0 unspecified atom stereocenters. The molecule has 1 saturated carbocycles. The van der Waals surface area contributed by atoms with E-state index in [9.17, 15) is 4.39 Å². The zero-order valence-electron chi connectivity index (χ0n) is 13.8. The lowest BCUT2D eigenvalue weighted by molar-refractivity contribution is 0.373. The van der Waals surface area contributed by atoms with Gasteiger partial charge in [-0.3, -0.25) is 0 Å². The number of aryl methyl sites for hydroxylation is 1. The van der Waals surface area contributed by atoms with E-state index in [-0.39, 0.29) is 0 Å². The maximum absolute atomic E-state index is 12.3. The lowest BCUT2D eigenvalue weighted by Gasteiger charge is -2.27. The summed E-state index contributed by atoms with van der Waals surface area (Å²) in [5, 5.41) is 0. The van der Waals surface area contributed by atoms with Crippen molar-refractivity contribution in [2.24, 2.45) is 5.92 Å². The number of allylic oxidation sites excluding steroid dienone is 1. The monoisotopic (exact) mass is 308 g/mol. The molecule has 0 N–H and O–H groups in total. The summed E-state index contributed by atoms with van der Waals surface area (Å²) in [6, 6.07) is 17.9. The minimum absolute atomic E-state index is 0.438. The van der Waals surface area contributed by atoms with Gasteiger partial charge in [-0.05, 0) is 66.2 Å². The second-order valence-corrected chi connectivity index (χ2v) is 6.60. The first-order valence-electron chi connectivity index (χ1n) is 8.76. The summed E-state index contributed by atoms with van der Waals surface area (Å²) in [4.78, 5) is 0. The van der Waals surface area contributed by atoms with Crippen LogP contribution >= 0.6 is 0 Å². The molecule has 1 aliphatic rings. The van der Waals surface area contributed by atoms with Crippen molar-refractivity contribution in [1.29, 1.82) is 0 Å². The minimum Gasteiger partial charge on any atom is -0.216 e. The predicted octanol–water partition coefficient (Wildman–Crippen LogP) is 6.67. The molecule has 0 amide bonds. The molecule has 0 radical (unpaired) electrons. The number of benzene rings is 2. The van der Waals surface area contributed by atoms with Crippen LogP contribution in [0, 0.1) is 5.92 Å². The molecular weight excluding hydrogens is 283 g/mol. The van der Waals surface area contributed by atoms with Crippen LogP contribution in [0.3, 0.4) is 0 Å². The third kappa shape index (κ3) is 3.90. The molecule has 1 aliphatic carbocycles. The molecule has 2 aromatic rings. The zero-order valence-corrected chi connectivity index (χ0v) is 13.8. The van der Waals surface area contributed by atoms with E-state index in [0.717, 1.165) is 19.3 Å². The molecule has 23 heavy (non-hydrogen) atoms. The van der Waals surface area contributed by atoms with Crippen LogP contribution in [0.1, 0.15) is 49.7 Å². The molecule has 0 spiro atoms. The van der Waals surface area contributed by atoms with Crippen molar-refractivity contribution in [3.05, 3.63) is 72.1 Å². The maximum atomic E-state index is 12.3. The smallest absolute Gasteiger partial charge is 0.0829 e. The van der Waals surface area contributed by atoms with Gasteiger partial charge in [0, 0.05) is 0 Å². The second kappa shape index (κ2) is 7.59. The van der Waals surface area contributed by atoms with Crippen molar-refractivity contribution in [1.82, 2.24) is 0 Å². The third-order valence-electron chi connectivity index (χ3n) is 5.19. The summed E-state index contributed by atoms with van der Waals surface area (Å²) in [5.74, 6) is 1.07. The van der Waals surface area contributed by atoms with Gasteiger partial charge in [0.05, 0.1) is 6.33 Å². The van der Waals surface area contributed by atoms with Crippen LogP contribution in [-0.2, 0) is 6.42 Å². The Balaban J connectivity index is 1.67. The Bertz CT molecular complexity index is 629. The zero-order chi connectivity index (χ0) is 16.1. The van der Waals surface area contributed by atoms with Crippen LogP contribution in [0.4, 0.5) is 4.39 Å². The summed E-state index contributed by atoms with van der Waals surface area (Å²) in [6.07, 6.45) is 8.05. The Labute approximate surface area is 139 Å². The molecule has 120 valence electrons. The highest BCUT2D eigenvalue weighted by atomic mass is 19.1. The van der Waals surface area contributed by atoms with Gasteiger partial charge in [0.15, 0.2) is 0 Å². The second-order valence-electron chi connectivity index (χ2n) is 6.60. The highest BCUT2D eigenvalue weighted by Crippen LogP contribution is 2.36. The van der Waals surface area contributed by atoms with Gasteiger partial charge in [-0.1, -0.05) is 61.5 Å². The predicted molar refractivity (Wildman–Crippen MR) is 96.2 cm³/mol. The van der Waals surface area contributed by atoms with Gasteiger partial charge in [0.1, 0.15) is 0 Å². The number of hydrogen-bond donors (Lipinski definition) is 0. The summed E-state index contributed by atoms with van der Waals surface area (Å²) >= 11 is 0. The normalized spacial score (nSPS) is 21.7. The van der Waals surface area contributed by atoms with Crippen molar-refractivity contribution in [2.45, 2.75) is 44.9 Å². The summed E-state index contributed by atoms with van der Waals surface area (Å²) in [5.41, 5.74) is 5.38. The molecule has 1 fully saturated rings. The van der Waals surface area contributed by atoms with E-state index < -0.39 is 0 Å². The molecular formula is C22H25F. The van der Waals surface area contributed by atoms with E-state index in [1.54, 1.807) is 6.08 Å². The van der Waals surface area contributed by atoms with Crippen LogP contribution in [0.15, 0.2) is 60.9 Å².